The summed E-state index contributed by atoms with van der Waals surface area (Å²) < 4.78 is 26.8. The molecule has 112 valence electrons. The molecule has 1 aromatic rings. The lowest BCUT2D eigenvalue weighted by molar-refractivity contribution is 0.199. The molecule has 1 heterocycles. The van der Waals surface area contributed by atoms with Gasteiger partial charge in [-0.2, -0.15) is 16.1 Å². The lowest BCUT2D eigenvalue weighted by atomic mass is 10.1. The van der Waals surface area contributed by atoms with Crippen LogP contribution in [-0.4, -0.2) is 41.4 Å². The molecule has 0 aliphatic carbocycles. The number of rotatable bonds is 3. The molecule has 1 aliphatic rings. The Bertz CT molecular complexity index is 544. The maximum absolute atomic E-state index is 12.6. The smallest absolute Gasteiger partial charge is 0.243 e. The van der Waals surface area contributed by atoms with Gasteiger partial charge in [0.2, 0.25) is 10.0 Å². The van der Waals surface area contributed by atoms with Gasteiger partial charge in [-0.1, -0.05) is 26.0 Å². The molecule has 2 rings (SSSR count). The normalized spacial score (nSPS) is 26.4. The second kappa shape index (κ2) is 6.05. The molecule has 0 saturated carbocycles. The molecule has 3 atom stereocenters. The van der Waals surface area contributed by atoms with Crippen molar-refractivity contribution in [2.24, 2.45) is 0 Å². The lowest BCUT2D eigenvalue weighted by Crippen LogP contribution is -2.43. The SMILES string of the molecule is CC1CN(S(=O)(=O)c2ccc(C(C)O)cc2)CC(C)S1. The molecule has 1 fully saturated rings. The van der Waals surface area contributed by atoms with Crippen molar-refractivity contribution in [1.29, 1.82) is 0 Å². The van der Waals surface area contributed by atoms with Crippen molar-refractivity contribution in [2.45, 2.75) is 42.3 Å². The van der Waals surface area contributed by atoms with Gasteiger partial charge in [-0.3, -0.25) is 0 Å². The minimum Gasteiger partial charge on any atom is -0.389 e. The summed E-state index contributed by atoms with van der Waals surface area (Å²) in [5.41, 5.74) is 0.722. The van der Waals surface area contributed by atoms with E-state index in [1.807, 2.05) is 11.8 Å². The summed E-state index contributed by atoms with van der Waals surface area (Å²) in [6, 6.07) is 6.50. The highest BCUT2D eigenvalue weighted by Crippen LogP contribution is 2.29. The molecule has 3 unspecified atom stereocenters. The zero-order valence-corrected chi connectivity index (χ0v) is 13.6. The Morgan fingerprint density at radius 2 is 1.70 bits per heavy atom. The van der Waals surface area contributed by atoms with E-state index in [-0.39, 0.29) is 0 Å². The van der Waals surface area contributed by atoms with Gasteiger partial charge in [-0.05, 0) is 24.6 Å². The Hall–Kier alpha value is -0.560. The van der Waals surface area contributed by atoms with Crippen molar-refractivity contribution in [1.82, 2.24) is 4.31 Å². The Kier molecular flexibility index (Phi) is 4.79. The maximum Gasteiger partial charge on any atom is 0.243 e. The molecular weight excluding hydrogens is 294 g/mol. The first kappa shape index (κ1) is 15.8. The highest BCUT2D eigenvalue weighted by Gasteiger charge is 2.31. The zero-order valence-electron chi connectivity index (χ0n) is 12.0. The highest BCUT2D eigenvalue weighted by atomic mass is 32.2. The monoisotopic (exact) mass is 315 g/mol. The fourth-order valence-electron chi connectivity index (χ4n) is 2.39. The van der Waals surface area contributed by atoms with Gasteiger partial charge in [0, 0.05) is 23.6 Å². The number of benzene rings is 1. The van der Waals surface area contributed by atoms with Gasteiger partial charge < -0.3 is 5.11 Å². The predicted octanol–water partition coefficient (Wildman–Crippen LogP) is 2.25. The first-order chi connectivity index (χ1) is 9.30. The van der Waals surface area contributed by atoms with Gasteiger partial charge in [0.05, 0.1) is 11.0 Å². The molecule has 0 radical (unpaired) electrons. The van der Waals surface area contributed by atoms with Gasteiger partial charge in [-0.15, -0.1) is 0 Å². The fraction of sp³-hybridized carbons (Fsp3) is 0.571. The number of nitrogens with zero attached hydrogens (tertiary/aromatic N) is 1. The van der Waals surface area contributed by atoms with Crippen LogP contribution in [0.1, 0.15) is 32.4 Å². The summed E-state index contributed by atoms with van der Waals surface area (Å²) in [6.07, 6.45) is -0.585. The topological polar surface area (TPSA) is 57.6 Å². The quantitative estimate of drug-likeness (QED) is 0.929. The third-order valence-electron chi connectivity index (χ3n) is 3.39. The van der Waals surface area contributed by atoms with E-state index >= 15 is 0 Å². The third kappa shape index (κ3) is 3.36. The van der Waals surface area contributed by atoms with Crippen LogP contribution >= 0.6 is 11.8 Å². The minimum atomic E-state index is -3.43. The van der Waals surface area contributed by atoms with Gasteiger partial charge >= 0.3 is 0 Å². The first-order valence-corrected chi connectivity index (χ1v) is 9.12. The number of aliphatic hydroxyl groups excluding tert-OH is 1. The van der Waals surface area contributed by atoms with Gasteiger partial charge in [-0.25, -0.2) is 8.42 Å². The average Bonchev–Trinajstić information content (AvgIpc) is 2.37. The Morgan fingerprint density at radius 1 is 1.20 bits per heavy atom. The predicted molar refractivity (Wildman–Crippen MR) is 82.3 cm³/mol. The summed E-state index contributed by atoms with van der Waals surface area (Å²) in [5.74, 6) is 0. The summed E-state index contributed by atoms with van der Waals surface area (Å²) in [4.78, 5) is 0.299. The second-order valence-electron chi connectivity index (χ2n) is 5.32. The van der Waals surface area contributed by atoms with Crippen molar-refractivity contribution < 1.29 is 13.5 Å². The van der Waals surface area contributed by atoms with Gasteiger partial charge in [0.25, 0.3) is 0 Å². The molecule has 20 heavy (non-hydrogen) atoms. The second-order valence-corrected chi connectivity index (χ2v) is 9.14. The molecule has 4 nitrogen and oxygen atoms in total. The van der Waals surface area contributed by atoms with Crippen molar-refractivity contribution in [3.63, 3.8) is 0 Å². The molecule has 0 aromatic heterocycles. The molecule has 0 bridgehead atoms. The van der Waals surface area contributed by atoms with E-state index in [2.05, 4.69) is 13.8 Å². The number of thioether (sulfide) groups is 1. The minimum absolute atomic E-state index is 0.299. The van der Waals surface area contributed by atoms with E-state index in [0.29, 0.717) is 28.5 Å². The summed E-state index contributed by atoms with van der Waals surface area (Å²) in [7, 11) is -3.43. The summed E-state index contributed by atoms with van der Waals surface area (Å²) in [6.45, 7) is 6.87. The van der Waals surface area contributed by atoms with Crippen LogP contribution in [0.2, 0.25) is 0 Å². The molecule has 0 amide bonds. The number of hydrogen-bond acceptors (Lipinski definition) is 4. The molecule has 1 aliphatic heterocycles. The van der Waals surface area contributed by atoms with Crippen LogP contribution in [0, 0.1) is 0 Å². The van der Waals surface area contributed by atoms with Crippen molar-refractivity contribution >= 4 is 21.8 Å². The van der Waals surface area contributed by atoms with Crippen molar-refractivity contribution in [3.8, 4) is 0 Å². The zero-order chi connectivity index (χ0) is 14.9. The van der Waals surface area contributed by atoms with Crippen LogP contribution in [0.5, 0.6) is 0 Å². The Morgan fingerprint density at radius 3 is 2.15 bits per heavy atom. The van der Waals surface area contributed by atoms with Crippen molar-refractivity contribution in [3.05, 3.63) is 29.8 Å². The lowest BCUT2D eigenvalue weighted by Gasteiger charge is -2.33. The van der Waals surface area contributed by atoms with Gasteiger partial charge in [0.1, 0.15) is 0 Å². The average molecular weight is 315 g/mol. The number of aliphatic hydroxyl groups is 1. The molecule has 6 heteroatoms. The summed E-state index contributed by atoms with van der Waals surface area (Å²) >= 11 is 1.82. The Labute approximate surface area is 125 Å². The van der Waals surface area contributed by atoms with Crippen molar-refractivity contribution in [2.75, 3.05) is 13.1 Å². The van der Waals surface area contributed by atoms with Crippen LogP contribution in [0.4, 0.5) is 0 Å². The van der Waals surface area contributed by atoms with Crippen LogP contribution in [-0.2, 0) is 10.0 Å². The van der Waals surface area contributed by atoms with Crippen LogP contribution in [0.25, 0.3) is 0 Å². The largest absolute Gasteiger partial charge is 0.389 e. The molecule has 1 N–H and O–H groups in total. The van der Waals surface area contributed by atoms with E-state index in [0.717, 1.165) is 5.56 Å². The highest BCUT2D eigenvalue weighted by molar-refractivity contribution is 8.00. The molecule has 1 aromatic carbocycles. The maximum atomic E-state index is 12.6. The van der Waals surface area contributed by atoms with Crippen LogP contribution in [0.15, 0.2) is 29.2 Å². The molecular formula is C14H21NO3S2. The van der Waals surface area contributed by atoms with Gasteiger partial charge in [0.15, 0.2) is 0 Å². The van der Waals surface area contributed by atoms with E-state index in [9.17, 15) is 13.5 Å². The van der Waals surface area contributed by atoms with E-state index in [1.54, 1.807) is 35.5 Å². The standard InChI is InChI=1S/C14H21NO3S2/c1-10-8-15(9-11(2)19-10)20(17,18)14-6-4-13(5-7-14)12(3)16/h4-7,10-12,16H,8-9H2,1-3H3. The van der Waals surface area contributed by atoms with Crippen LogP contribution in [0.3, 0.4) is 0 Å². The fourth-order valence-corrected chi connectivity index (χ4v) is 5.53. The molecule has 0 spiro atoms. The first-order valence-electron chi connectivity index (χ1n) is 6.74. The summed E-state index contributed by atoms with van der Waals surface area (Å²) in [5, 5.41) is 10.1. The Balaban J connectivity index is 2.25. The van der Waals surface area contributed by atoms with E-state index < -0.39 is 16.1 Å². The third-order valence-corrected chi connectivity index (χ3v) is 6.46. The number of hydrogen-bond donors (Lipinski definition) is 1. The van der Waals surface area contributed by atoms with Crippen LogP contribution < -0.4 is 0 Å². The van der Waals surface area contributed by atoms with E-state index in [4.69, 9.17) is 0 Å². The molecule has 1 saturated heterocycles. The number of sulfonamides is 1. The van der Waals surface area contributed by atoms with E-state index in [1.165, 1.54) is 0 Å².